The average molecular weight is 490 g/mol. The molecule has 178 valence electrons. The summed E-state index contributed by atoms with van der Waals surface area (Å²) in [5.41, 5.74) is 1.21. The maximum absolute atomic E-state index is 13.1. The second kappa shape index (κ2) is 9.44. The van der Waals surface area contributed by atoms with Gasteiger partial charge in [-0.05, 0) is 42.3 Å². The Hall–Kier alpha value is -3.82. The number of hydrogen-bond donors (Lipinski definition) is 1. The van der Waals surface area contributed by atoms with Crippen LogP contribution in [0.3, 0.4) is 0 Å². The van der Waals surface area contributed by atoms with Crippen molar-refractivity contribution in [2.45, 2.75) is 30.4 Å². The highest BCUT2D eigenvalue weighted by molar-refractivity contribution is 7.89. The van der Waals surface area contributed by atoms with Crippen LogP contribution < -0.4 is 10.3 Å². The highest BCUT2D eigenvalue weighted by Crippen LogP contribution is 2.22. The van der Waals surface area contributed by atoms with E-state index < -0.39 is 22.1 Å². The fraction of sp³-hybridized carbons (Fsp3) is 0.192. The van der Waals surface area contributed by atoms with Gasteiger partial charge in [-0.3, -0.25) is 9.36 Å². The van der Waals surface area contributed by atoms with Crippen LogP contribution in [0.2, 0.25) is 0 Å². The largest absolute Gasteiger partial charge is 0.452 e. The molecule has 2 heterocycles. The average Bonchev–Trinajstić information content (AvgIpc) is 3.36. The first-order valence-corrected chi connectivity index (χ1v) is 12.7. The summed E-state index contributed by atoms with van der Waals surface area (Å²) in [4.78, 5) is 30.5. The molecule has 0 saturated heterocycles. The first-order valence-electron chi connectivity index (χ1n) is 11.3. The number of hydrogen-bond acceptors (Lipinski definition) is 6. The molecule has 0 amide bonds. The molecule has 1 N–H and O–H groups in total. The molecular formula is C26H23N3O5S. The molecular weight excluding hydrogens is 466 g/mol. The van der Waals surface area contributed by atoms with Gasteiger partial charge in [0.05, 0.1) is 27.9 Å². The van der Waals surface area contributed by atoms with Gasteiger partial charge in [-0.1, -0.05) is 48.5 Å². The van der Waals surface area contributed by atoms with E-state index in [1.807, 2.05) is 6.07 Å². The van der Waals surface area contributed by atoms with E-state index in [2.05, 4.69) is 9.71 Å². The Balaban J connectivity index is 1.40. The van der Waals surface area contributed by atoms with Gasteiger partial charge in [0, 0.05) is 13.0 Å². The van der Waals surface area contributed by atoms with Gasteiger partial charge in [0.15, 0.2) is 0 Å². The van der Waals surface area contributed by atoms with Gasteiger partial charge in [-0.25, -0.2) is 22.9 Å². The van der Waals surface area contributed by atoms with Crippen molar-refractivity contribution in [2.75, 3.05) is 6.54 Å². The lowest BCUT2D eigenvalue weighted by Crippen LogP contribution is -2.30. The van der Waals surface area contributed by atoms with E-state index in [4.69, 9.17) is 4.74 Å². The summed E-state index contributed by atoms with van der Waals surface area (Å²) in [5.74, 6) is 0.0764. The molecule has 1 aliphatic rings. The first-order chi connectivity index (χ1) is 16.9. The van der Waals surface area contributed by atoms with Crippen LogP contribution in [0.25, 0.3) is 10.9 Å². The van der Waals surface area contributed by atoms with Crippen molar-refractivity contribution in [1.82, 2.24) is 14.3 Å². The minimum Gasteiger partial charge on any atom is -0.452 e. The second-order valence-corrected chi connectivity index (χ2v) is 10.1. The van der Waals surface area contributed by atoms with E-state index >= 15 is 0 Å². The lowest BCUT2D eigenvalue weighted by molar-refractivity contribution is 0.0308. The van der Waals surface area contributed by atoms with Crippen molar-refractivity contribution in [3.63, 3.8) is 0 Å². The predicted molar refractivity (Wildman–Crippen MR) is 131 cm³/mol. The minimum atomic E-state index is -3.79. The highest BCUT2D eigenvalue weighted by Gasteiger charge is 2.23. The molecule has 4 aromatic rings. The molecule has 1 aliphatic heterocycles. The number of sulfonamides is 1. The fourth-order valence-electron chi connectivity index (χ4n) is 4.17. The van der Waals surface area contributed by atoms with Crippen LogP contribution in [0.1, 0.15) is 34.3 Å². The van der Waals surface area contributed by atoms with Crippen molar-refractivity contribution < 1.29 is 17.9 Å². The van der Waals surface area contributed by atoms with Crippen molar-refractivity contribution >= 4 is 26.9 Å². The number of ether oxygens (including phenoxy) is 1. The zero-order chi connectivity index (χ0) is 24.4. The lowest BCUT2D eigenvalue weighted by atomic mass is 10.1. The molecule has 0 aliphatic carbocycles. The van der Waals surface area contributed by atoms with Crippen LogP contribution in [0.15, 0.2) is 88.6 Å². The van der Waals surface area contributed by atoms with Crippen molar-refractivity contribution in [2.24, 2.45) is 0 Å². The number of aromatic nitrogens is 2. The summed E-state index contributed by atoms with van der Waals surface area (Å²) in [6, 6.07) is 21.6. The van der Waals surface area contributed by atoms with E-state index in [1.54, 1.807) is 59.2 Å². The third-order valence-electron chi connectivity index (χ3n) is 5.99. The summed E-state index contributed by atoms with van der Waals surface area (Å²) >= 11 is 0. The number of aryl methyl sites for hydroxylation is 1. The number of rotatable bonds is 7. The molecule has 1 aromatic heterocycles. The van der Waals surface area contributed by atoms with Crippen LogP contribution in [0.4, 0.5) is 0 Å². The third kappa shape index (κ3) is 4.73. The number of carbonyl (C=O) groups is 1. The highest BCUT2D eigenvalue weighted by atomic mass is 32.2. The lowest BCUT2D eigenvalue weighted by Gasteiger charge is -2.19. The molecule has 0 fully saturated rings. The number of nitrogens with zero attached hydrogens (tertiary/aromatic N) is 2. The molecule has 35 heavy (non-hydrogen) atoms. The van der Waals surface area contributed by atoms with E-state index in [1.165, 1.54) is 18.2 Å². The topological polar surface area (TPSA) is 107 Å². The van der Waals surface area contributed by atoms with E-state index in [9.17, 15) is 18.0 Å². The van der Waals surface area contributed by atoms with Crippen molar-refractivity contribution in [1.29, 1.82) is 0 Å². The molecule has 3 aromatic carbocycles. The number of fused-ring (bicyclic) bond motifs is 2. The monoisotopic (exact) mass is 489 g/mol. The maximum atomic E-state index is 13.1. The maximum Gasteiger partial charge on any atom is 0.338 e. The van der Waals surface area contributed by atoms with Crippen LogP contribution >= 0.6 is 0 Å². The number of nitrogens with one attached hydrogen (secondary N) is 1. The zero-order valence-corrected chi connectivity index (χ0v) is 19.6. The Labute approximate surface area is 202 Å². The Bertz CT molecular complexity index is 1550. The quantitative estimate of drug-likeness (QED) is 0.400. The summed E-state index contributed by atoms with van der Waals surface area (Å²) in [5, 5.41) is 0.447. The number of esters is 1. The Morgan fingerprint density at radius 2 is 1.74 bits per heavy atom. The SMILES string of the molecule is O=C(O[C@@H](CNS(=O)(=O)c1ccccc1)c1ccccc1)c1ccc2c(=O)n3c(nc2c1)CCC3. The van der Waals surface area contributed by atoms with Crippen LogP contribution in [-0.2, 0) is 27.7 Å². The summed E-state index contributed by atoms with van der Waals surface area (Å²) in [6.07, 6.45) is 0.722. The van der Waals surface area contributed by atoms with Gasteiger partial charge in [0.2, 0.25) is 10.0 Å². The molecule has 5 rings (SSSR count). The summed E-state index contributed by atoms with van der Waals surface area (Å²) < 4.78 is 35.4. The fourth-order valence-corrected chi connectivity index (χ4v) is 5.22. The standard InChI is InChI=1S/C26H23N3O5S/c30-25-21-14-13-19(16-22(21)28-24-12-7-15-29(24)25)26(31)34-23(18-8-3-1-4-9-18)17-27-35(32,33)20-10-5-2-6-11-20/h1-6,8-11,13-14,16,23,27H,7,12,15,17H2/t23-/m0/s1. The Morgan fingerprint density at radius 1 is 1.03 bits per heavy atom. The Morgan fingerprint density at radius 3 is 2.49 bits per heavy atom. The normalized spacial score (nSPS) is 13.9. The van der Waals surface area contributed by atoms with E-state index in [-0.39, 0.29) is 22.6 Å². The van der Waals surface area contributed by atoms with Crippen LogP contribution in [-0.4, -0.2) is 30.5 Å². The van der Waals surface area contributed by atoms with Gasteiger partial charge in [0.1, 0.15) is 11.9 Å². The number of carbonyl (C=O) groups excluding carboxylic acids is 1. The number of benzene rings is 3. The van der Waals surface area contributed by atoms with E-state index in [0.717, 1.165) is 12.8 Å². The zero-order valence-electron chi connectivity index (χ0n) is 18.8. The molecule has 8 nitrogen and oxygen atoms in total. The van der Waals surface area contributed by atoms with Crippen LogP contribution in [0.5, 0.6) is 0 Å². The molecule has 0 radical (unpaired) electrons. The molecule has 0 unspecified atom stereocenters. The minimum absolute atomic E-state index is 0.111. The van der Waals surface area contributed by atoms with Gasteiger partial charge in [-0.15, -0.1) is 0 Å². The van der Waals surface area contributed by atoms with Gasteiger partial charge in [0.25, 0.3) is 5.56 Å². The van der Waals surface area contributed by atoms with Gasteiger partial charge in [-0.2, -0.15) is 0 Å². The Kier molecular flexibility index (Phi) is 6.19. The molecule has 1 atom stereocenters. The van der Waals surface area contributed by atoms with Gasteiger partial charge < -0.3 is 4.74 Å². The predicted octanol–water partition coefficient (Wildman–Crippen LogP) is 3.22. The summed E-state index contributed by atoms with van der Waals surface area (Å²) in [7, 11) is -3.79. The summed E-state index contributed by atoms with van der Waals surface area (Å²) in [6.45, 7) is 0.506. The third-order valence-corrected chi connectivity index (χ3v) is 7.42. The molecule has 0 bridgehead atoms. The molecule has 9 heteroatoms. The first kappa shape index (κ1) is 22.9. The van der Waals surface area contributed by atoms with Crippen molar-refractivity contribution in [3.8, 4) is 0 Å². The molecule has 0 spiro atoms. The smallest absolute Gasteiger partial charge is 0.338 e. The van der Waals surface area contributed by atoms with Crippen molar-refractivity contribution in [3.05, 3.63) is 106 Å². The van der Waals surface area contributed by atoms with Crippen LogP contribution in [0, 0.1) is 0 Å². The second-order valence-electron chi connectivity index (χ2n) is 8.29. The van der Waals surface area contributed by atoms with Gasteiger partial charge >= 0.3 is 5.97 Å². The molecule has 0 saturated carbocycles. The van der Waals surface area contributed by atoms with E-state index in [0.29, 0.717) is 28.8 Å².